The van der Waals surface area contributed by atoms with Crippen molar-refractivity contribution >= 4 is 11.6 Å². The number of hydrogen-bond donors (Lipinski definition) is 1. The summed E-state index contributed by atoms with van der Waals surface area (Å²) in [6, 6.07) is 10.3. The summed E-state index contributed by atoms with van der Waals surface area (Å²) in [5.41, 5.74) is 5.95. The van der Waals surface area contributed by atoms with Crippen LogP contribution in [0.5, 0.6) is 11.5 Å². The quantitative estimate of drug-likeness (QED) is 0.827. The summed E-state index contributed by atoms with van der Waals surface area (Å²) >= 11 is 0. The third-order valence-corrected chi connectivity index (χ3v) is 5.73. The number of nitrogens with one attached hydrogen (secondary N) is 1. The minimum absolute atomic E-state index is 0.0698. The number of carbonyl (C=O) groups excluding carboxylic acids is 1. The number of aliphatic imine (C=N–C) groups is 1. The van der Waals surface area contributed by atoms with Gasteiger partial charge in [-0.15, -0.1) is 0 Å². The number of amides is 1. The Morgan fingerprint density at radius 2 is 1.83 bits per heavy atom. The number of nitrogens with zero attached hydrogens (tertiary/aromatic N) is 1. The van der Waals surface area contributed by atoms with Crippen LogP contribution in [0.1, 0.15) is 62.4 Å². The molecule has 2 aliphatic rings. The molecule has 2 heterocycles. The fourth-order valence-electron chi connectivity index (χ4n) is 4.60. The summed E-state index contributed by atoms with van der Waals surface area (Å²) in [7, 11) is 1.67. The van der Waals surface area contributed by atoms with Crippen molar-refractivity contribution in [2.75, 3.05) is 7.11 Å². The zero-order valence-electron chi connectivity index (χ0n) is 18.7. The van der Waals surface area contributed by atoms with Crippen LogP contribution in [0.4, 0.5) is 0 Å². The van der Waals surface area contributed by atoms with Gasteiger partial charge in [-0.05, 0) is 39.7 Å². The number of benzene rings is 2. The zero-order valence-corrected chi connectivity index (χ0v) is 18.7. The summed E-state index contributed by atoms with van der Waals surface area (Å²) in [6.45, 7) is 10.4. The van der Waals surface area contributed by atoms with E-state index >= 15 is 0 Å². The Balaban J connectivity index is 2.03. The molecular weight excluding hydrogens is 376 g/mol. The fraction of sp³-hybridized carbons (Fsp3) is 0.440. The molecule has 0 spiro atoms. The predicted molar refractivity (Wildman–Crippen MR) is 119 cm³/mol. The van der Waals surface area contributed by atoms with Crippen molar-refractivity contribution in [2.45, 2.75) is 65.1 Å². The molecule has 5 heteroatoms. The molecule has 2 aromatic carbocycles. The van der Waals surface area contributed by atoms with Gasteiger partial charge in [-0.1, -0.05) is 30.3 Å². The van der Waals surface area contributed by atoms with Gasteiger partial charge in [-0.25, -0.2) is 0 Å². The molecular formula is C25H30N2O3. The lowest BCUT2D eigenvalue weighted by molar-refractivity contribution is -0.119. The first-order valence-electron chi connectivity index (χ1n) is 10.5. The third kappa shape index (κ3) is 3.57. The molecule has 30 heavy (non-hydrogen) atoms. The minimum atomic E-state index is -0.329. The maximum absolute atomic E-state index is 11.7. The van der Waals surface area contributed by atoms with E-state index in [0.29, 0.717) is 6.54 Å². The number of rotatable bonds is 4. The van der Waals surface area contributed by atoms with Crippen molar-refractivity contribution in [1.29, 1.82) is 0 Å². The van der Waals surface area contributed by atoms with Crippen LogP contribution in [0.15, 0.2) is 35.3 Å². The van der Waals surface area contributed by atoms with Gasteiger partial charge in [0, 0.05) is 42.1 Å². The molecule has 0 fully saturated rings. The van der Waals surface area contributed by atoms with Gasteiger partial charge >= 0.3 is 0 Å². The number of methoxy groups -OCH3 is 1. The lowest BCUT2D eigenvalue weighted by Gasteiger charge is -2.33. The van der Waals surface area contributed by atoms with Crippen LogP contribution in [0.25, 0.3) is 0 Å². The van der Waals surface area contributed by atoms with E-state index in [9.17, 15) is 4.79 Å². The Labute approximate surface area is 178 Å². The Hall–Kier alpha value is -2.82. The van der Waals surface area contributed by atoms with Gasteiger partial charge in [0.2, 0.25) is 5.91 Å². The number of ether oxygens (including phenoxy) is 2. The van der Waals surface area contributed by atoms with Crippen molar-refractivity contribution in [1.82, 2.24) is 5.32 Å². The largest absolute Gasteiger partial charge is 0.492 e. The maximum atomic E-state index is 11.7. The third-order valence-electron chi connectivity index (χ3n) is 5.73. The van der Waals surface area contributed by atoms with Crippen LogP contribution in [0.3, 0.4) is 0 Å². The van der Waals surface area contributed by atoms with Crippen molar-refractivity contribution in [2.24, 2.45) is 4.99 Å². The molecule has 0 atom stereocenters. The molecule has 2 aliphatic heterocycles. The highest BCUT2D eigenvalue weighted by atomic mass is 16.5. The fourth-order valence-corrected chi connectivity index (χ4v) is 4.60. The maximum Gasteiger partial charge on any atom is 0.217 e. The Morgan fingerprint density at radius 3 is 2.47 bits per heavy atom. The van der Waals surface area contributed by atoms with Crippen LogP contribution >= 0.6 is 0 Å². The summed E-state index contributed by atoms with van der Waals surface area (Å²) in [4.78, 5) is 16.9. The first kappa shape index (κ1) is 20.5. The normalized spacial score (nSPS) is 18.0. The molecule has 1 amide bonds. The van der Waals surface area contributed by atoms with Gasteiger partial charge in [0.05, 0.1) is 18.4 Å². The van der Waals surface area contributed by atoms with Gasteiger partial charge in [0.25, 0.3) is 0 Å². The van der Waals surface area contributed by atoms with Crippen LogP contribution in [0.2, 0.25) is 0 Å². The topological polar surface area (TPSA) is 59.9 Å². The van der Waals surface area contributed by atoms with Crippen LogP contribution in [-0.4, -0.2) is 29.9 Å². The monoisotopic (exact) mass is 406 g/mol. The van der Waals surface area contributed by atoms with Crippen molar-refractivity contribution < 1.29 is 14.3 Å². The molecule has 0 radical (unpaired) electrons. The van der Waals surface area contributed by atoms with Gasteiger partial charge in [-0.3, -0.25) is 9.79 Å². The van der Waals surface area contributed by atoms with E-state index in [2.05, 4.69) is 45.1 Å². The number of carbonyl (C=O) groups is 1. The van der Waals surface area contributed by atoms with Crippen LogP contribution in [-0.2, 0) is 24.2 Å². The second-order valence-electron chi connectivity index (χ2n) is 9.44. The van der Waals surface area contributed by atoms with Gasteiger partial charge < -0.3 is 14.8 Å². The molecule has 2 aromatic rings. The Bertz CT molecular complexity index is 1040. The molecule has 0 saturated heterocycles. The van der Waals surface area contributed by atoms with Crippen molar-refractivity contribution in [3.63, 3.8) is 0 Å². The van der Waals surface area contributed by atoms with E-state index in [1.54, 1.807) is 7.11 Å². The predicted octanol–water partition coefficient (Wildman–Crippen LogP) is 4.22. The molecule has 5 nitrogen and oxygen atoms in total. The average molecular weight is 407 g/mol. The lowest BCUT2D eigenvalue weighted by Crippen LogP contribution is -2.32. The molecule has 0 aromatic heterocycles. The molecule has 0 saturated carbocycles. The first-order chi connectivity index (χ1) is 14.1. The van der Waals surface area contributed by atoms with Gasteiger partial charge in [0.1, 0.15) is 5.60 Å². The van der Waals surface area contributed by atoms with E-state index in [0.717, 1.165) is 52.3 Å². The smallest absolute Gasteiger partial charge is 0.217 e. The molecule has 4 rings (SSSR count). The lowest BCUT2D eigenvalue weighted by atomic mass is 9.78. The summed E-state index contributed by atoms with van der Waals surface area (Å²) < 4.78 is 12.2. The SMILES string of the molecule is COc1c(CNC(C)=O)c2c(c3c1OC(C)(C)C3)C(c1ccccc1)=NC(C)(C)C2. The molecule has 0 bridgehead atoms. The molecule has 1 N–H and O–H groups in total. The number of fused-ring (bicyclic) bond motifs is 3. The molecule has 0 aliphatic carbocycles. The van der Waals surface area contributed by atoms with E-state index in [4.69, 9.17) is 14.5 Å². The molecule has 158 valence electrons. The van der Waals surface area contributed by atoms with E-state index in [1.807, 2.05) is 18.2 Å². The standard InChI is InChI=1S/C25H30N2O3/c1-15(28)26-14-19-17-12-24(2,3)27-21(16-10-8-7-9-11-16)20(17)18-13-25(4,5)30-23(18)22(19)29-6/h7-11H,12-14H2,1-6H3,(H,26,28). The second-order valence-corrected chi connectivity index (χ2v) is 9.44. The van der Waals surface area contributed by atoms with Crippen molar-refractivity contribution in [3.8, 4) is 11.5 Å². The van der Waals surface area contributed by atoms with Crippen molar-refractivity contribution in [3.05, 3.63) is 58.1 Å². The average Bonchev–Trinajstić information content (AvgIpc) is 2.99. The second kappa shape index (κ2) is 7.15. The van der Waals surface area contributed by atoms with E-state index in [1.165, 1.54) is 12.5 Å². The highest BCUT2D eigenvalue weighted by Crippen LogP contribution is 2.50. The Morgan fingerprint density at radius 1 is 1.13 bits per heavy atom. The summed E-state index contributed by atoms with van der Waals surface area (Å²) in [6.07, 6.45) is 1.56. The zero-order chi connectivity index (χ0) is 21.7. The minimum Gasteiger partial charge on any atom is -0.492 e. The number of hydrogen-bond acceptors (Lipinski definition) is 4. The summed E-state index contributed by atoms with van der Waals surface area (Å²) in [5, 5.41) is 2.97. The van der Waals surface area contributed by atoms with Crippen LogP contribution in [0, 0.1) is 0 Å². The highest BCUT2D eigenvalue weighted by molar-refractivity contribution is 6.16. The van der Waals surface area contributed by atoms with Gasteiger partial charge in [-0.2, -0.15) is 0 Å². The van der Waals surface area contributed by atoms with Crippen LogP contribution < -0.4 is 14.8 Å². The van der Waals surface area contributed by atoms with E-state index < -0.39 is 0 Å². The summed E-state index contributed by atoms with van der Waals surface area (Å²) in [5.74, 6) is 1.44. The van der Waals surface area contributed by atoms with Gasteiger partial charge in [0.15, 0.2) is 11.5 Å². The first-order valence-corrected chi connectivity index (χ1v) is 10.5. The Kier molecular flexibility index (Phi) is 4.88. The van der Waals surface area contributed by atoms with E-state index in [-0.39, 0.29) is 17.0 Å². The highest BCUT2D eigenvalue weighted by Gasteiger charge is 2.41. The molecule has 0 unspecified atom stereocenters.